The number of nitrogens with zero attached hydrogens (tertiary/aromatic N) is 4. The van der Waals surface area contributed by atoms with Crippen LogP contribution in [-0.2, 0) is 6.54 Å². The molecule has 4 heterocycles. The van der Waals surface area contributed by atoms with Crippen molar-refractivity contribution >= 4 is 22.7 Å². The normalized spacial score (nSPS) is 16.4. The van der Waals surface area contributed by atoms with E-state index in [1.807, 2.05) is 12.1 Å². The third-order valence-electron chi connectivity index (χ3n) is 5.12. The predicted molar refractivity (Wildman–Crippen MR) is 105 cm³/mol. The summed E-state index contributed by atoms with van der Waals surface area (Å²) in [6.45, 7) is 1.45. The van der Waals surface area contributed by atoms with Gasteiger partial charge in [0.05, 0.1) is 11.2 Å². The molecule has 0 aliphatic carbocycles. The maximum absolute atomic E-state index is 6.19. The van der Waals surface area contributed by atoms with Gasteiger partial charge in [-0.3, -0.25) is 4.98 Å². The van der Waals surface area contributed by atoms with Gasteiger partial charge in [0.2, 0.25) is 5.95 Å². The van der Waals surface area contributed by atoms with Crippen molar-refractivity contribution in [2.75, 3.05) is 18.0 Å². The van der Waals surface area contributed by atoms with Crippen LogP contribution < -0.4 is 16.8 Å². The highest BCUT2D eigenvalue weighted by Crippen LogP contribution is 2.34. The van der Waals surface area contributed by atoms with E-state index < -0.39 is 0 Å². The van der Waals surface area contributed by atoms with E-state index in [0.29, 0.717) is 12.4 Å². The zero-order valence-electron chi connectivity index (χ0n) is 14.6. The van der Waals surface area contributed by atoms with E-state index in [1.165, 1.54) is 10.9 Å². The molecule has 0 spiro atoms. The topological polar surface area (TPSA) is 108 Å². The molecule has 4 aromatic rings. The van der Waals surface area contributed by atoms with Crippen molar-refractivity contribution < 1.29 is 0 Å². The molecule has 1 aromatic carbocycles. The maximum Gasteiger partial charge on any atom is 0.222 e. The summed E-state index contributed by atoms with van der Waals surface area (Å²) in [5.41, 5.74) is 17.2. The fraction of sp³-hybridized carbons (Fsp3) is 0.150. The molecule has 0 amide bonds. The minimum atomic E-state index is 0.100. The van der Waals surface area contributed by atoms with Crippen LogP contribution in [0.2, 0.25) is 0 Å². The lowest BCUT2D eigenvalue weighted by Gasteiger charge is -2.27. The summed E-state index contributed by atoms with van der Waals surface area (Å²) < 4.78 is 2.16. The Hall–Kier alpha value is -3.45. The Morgan fingerprint density at radius 3 is 2.74 bits per heavy atom. The third kappa shape index (κ3) is 2.60. The molecule has 0 fully saturated rings. The second kappa shape index (κ2) is 6.07. The lowest BCUT2D eigenvalue weighted by atomic mass is 9.87. The van der Waals surface area contributed by atoms with E-state index >= 15 is 0 Å². The Bertz CT molecular complexity index is 1130. The predicted octanol–water partition coefficient (Wildman–Crippen LogP) is 2.21. The van der Waals surface area contributed by atoms with Crippen LogP contribution in [0.1, 0.15) is 22.7 Å². The van der Waals surface area contributed by atoms with E-state index in [4.69, 9.17) is 11.5 Å². The van der Waals surface area contributed by atoms with Gasteiger partial charge < -0.3 is 21.4 Å². The lowest BCUT2D eigenvalue weighted by Crippen LogP contribution is -2.31. The van der Waals surface area contributed by atoms with Gasteiger partial charge >= 0.3 is 0 Å². The molecule has 1 unspecified atom stereocenters. The molecule has 0 saturated heterocycles. The fourth-order valence-corrected chi connectivity index (χ4v) is 3.90. The number of nitrogen functional groups attached to an aromatic ring is 2. The molecule has 3 aromatic heterocycles. The van der Waals surface area contributed by atoms with Crippen molar-refractivity contribution in [2.45, 2.75) is 12.5 Å². The van der Waals surface area contributed by atoms with Crippen LogP contribution in [0.4, 0.5) is 11.8 Å². The molecule has 0 radical (unpaired) electrons. The Balaban J connectivity index is 1.60. The highest BCUT2D eigenvalue weighted by atomic mass is 15.1. The standard InChI is InChI=1S/C20H19N7/c21-19-18-15(10-24-11-16(18)25-20(22)26-19)12-1-2-17-13(9-12)5-8-27(17)14-3-6-23-7-4-14/h1-9,15,24H,10-11H2,(H4,21,22,25,26). The molecular formula is C20H19N7. The molecule has 7 heteroatoms. The number of hydrogen-bond acceptors (Lipinski definition) is 6. The molecule has 134 valence electrons. The summed E-state index contributed by atoms with van der Waals surface area (Å²) in [6, 6.07) is 12.6. The number of anilines is 2. The molecule has 27 heavy (non-hydrogen) atoms. The summed E-state index contributed by atoms with van der Waals surface area (Å²) in [6.07, 6.45) is 5.68. The number of fused-ring (bicyclic) bond motifs is 2. The molecule has 0 bridgehead atoms. The zero-order chi connectivity index (χ0) is 18.4. The lowest BCUT2D eigenvalue weighted by molar-refractivity contribution is 0.578. The van der Waals surface area contributed by atoms with Crippen LogP contribution in [0.5, 0.6) is 0 Å². The molecule has 1 aliphatic heterocycles. The molecule has 1 atom stereocenters. The number of nitrogens with one attached hydrogen (secondary N) is 1. The van der Waals surface area contributed by atoms with E-state index in [-0.39, 0.29) is 11.9 Å². The van der Waals surface area contributed by atoms with Crippen molar-refractivity contribution in [1.82, 2.24) is 24.8 Å². The van der Waals surface area contributed by atoms with Crippen LogP contribution in [0.25, 0.3) is 16.6 Å². The van der Waals surface area contributed by atoms with Crippen molar-refractivity contribution in [3.05, 3.63) is 71.8 Å². The Kier molecular flexibility index (Phi) is 3.54. The molecule has 5 N–H and O–H groups in total. The van der Waals surface area contributed by atoms with E-state index in [9.17, 15) is 0 Å². The second-order valence-corrected chi connectivity index (χ2v) is 6.72. The number of pyridine rings is 1. The largest absolute Gasteiger partial charge is 0.383 e. The number of rotatable bonds is 2. The van der Waals surface area contributed by atoms with Gasteiger partial charge in [-0.25, -0.2) is 4.98 Å². The smallest absolute Gasteiger partial charge is 0.222 e. The first-order valence-corrected chi connectivity index (χ1v) is 8.84. The van der Waals surface area contributed by atoms with Crippen LogP contribution in [0.3, 0.4) is 0 Å². The molecular weight excluding hydrogens is 338 g/mol. The van der Waals surface area contributed by atoms with Gasteiger partial charge in [0.15, 0.2) is 0 Å². The van der Waals surface area contributed by atoms with Crippen molar-refractivity contribution in [3.63, 3.8) is 0 Å². The number of benzene rings is 1. The quantitative estimate of drug-likeness (QED) is 0.508. The number of aromatic nitrogens is 4. The number of nitrogens with two attached hydrogens (primary N) is 2. The third-order valence-corrected chi connectivity index (χ3v) is 5.12. The average Bonchev–Trinajstić information content (AvgIpc) is 3.11. The van der Waals surface area contributed by atoms with Crippen LogP contribution >= 0.6 is 0 Å². The Morgan fingerprint density at radius 2 is 1.89 bits per heavy atom. The van der Waals surface area contributed by atoms with Crippen molar-refractivity contribution in [2.24, 2.45) is 0 Å². The maximum atomic E-state index is 6.19. The van der Waals surface area contributed by atoms with Gasteiger partial charge in [0, 0.05) is 54.2 Å². The van der Waals surface area contributed by atoms with Crippen LogP contribution in [0.15, 0.2) is 55.0 Å². The number of hydrogen-bond donors (Lipinski definition) is 3. The fourth-order valence-electron chi connectivity index (χ4n) is 3.90. The molecule has 1 aliphatic rings. The first-order chi connectivity index (χ1) is 13.2. The SMILES string of the molecule is Nc1nc(N)c2c(n1)CNCC2c1ccc2c(ccn2-c2ccncc2)c1. The minimum absolute atomic E-state index is 0.100. The van der Waals surface area contributed by atoms with Gasteiger partial charge in [0.1, 0.15) is 5.82 Å². The molecule has 0 saturated carbocycles. The van der Waals surface area contributed by atoms with Crippen molar-refractivity contribution in [3.8, 4) is 5.69 Å². The van der Waals surface area contributed by atoms with Gasteiger partial charge in [-0.15, -0.1) is 0 Å². The first-order valence-electron chi connectivity index (χ1n) is 8.84. The Labute approximate surface area is 156 Å². The summed E-state index contributed by atoms with van der Waals surface area (Å²) in [5.74, 6) is 0.792. The first kappa shape index (κ1) is 15.8. The highest BCUT2D eigenvalue weighted by Gasteiger charge is 2.26. The monoisotopic (exact) mass is 357 g/mol. The van der Waals surface area contributed by atoms with Gasteiger partial charge in [-0.1, -0.05) is 6.07 Å². The molecule has 7 nitrogen and oxygen atoms in total. The van der Waals surface area contributed by atoms with Gasteiger partial charge in [-0.05, 0) is 35.9 Å². The van der Waals surface area contributed by atoms with Gasteiger partial charge in [0.25, 0.3) is 0 Å². The highest BCUT2D eigenvalue weighted by molar-refractivity contribution is 5.83. The Morgan fingerprint density at radius 1 is 1.04 bits per heavy atom. The molecule has 5 rings (SSSR count). The van der Waals surface area contributed by atoms with Crippen molar-refractivity contribution in [1.29, 1.82) is 0 Å². The summed E-state index contributed by atoms with van der Waals surface area (Å²) in [5, 5.41) is 4.58. The summed E-state index contributed by atoms with van der Waals surface area (Å²) in [7, 11) is 0. The van der Waals surface area contributed by atoms with E-state index in [1.54, 1.807) is 12.4 Å². The average molecular weight is 357 g/mol. The van der Waals surface area contributed by atoms with Crippen LogP contribution in [-0.4, -0.2) is 26.1 Å². The zero-order valence-corrected chi connectivity index (χ0v) is 14.6. The second-order valence-electron chi connectivity index (χ2n) is 6.72. The van der Waals surface area contributed by atoms with E-state index in [2.05, 4.69) is 55.3 Å². The van der Waals surface area contributed by atoms with Crippen LogP contribution in [0, 0.1) is 0 Å². The summed E-state index contributed by atoms with van der Waals surface area (Å²) >= 11 is 0. The van der Waals surface area contributed by atoms with Gasteiger partial charge in [-0.2, -0.15) is 4.98 Å². The summed E-state index contributed by atoms with van der Waals surface area (Å²) in [4.78, 5) is 12.6. The minimum Gasteiger partial charge on any atom is -0.383 e. The van der Waals surface area contributed by atoms with E-state index in [0.717, 1.165) is 29.0 Å².